The molecular weight excluding hydrogens is 263 g/mol. The number of para-hydroxylation sites is 1. The highest BCUT2D eigenvalue weighted by Crippen LogP contribution is 2.14. The number of amides is 1. The Morgan fingerprint density at radius 2 is 2.00 bits per heavy atom. The van der Waals surface area contributed by atoms with Gasteiger partial charge in [0.15, 0.2) is 0 Å². The lowest BCUT2D eigenvalue weighted by Gasteiger charge is -2.05. The summed E-state index contributed by atoms with van der Waals surface area (Å²) in [5.74, 6) is 0.285. The summed E-state index contributed by atoms with van der Waals surface area (Å²) in [6, 6.07) is 11.8. The highest BCUT2D eigenvalue weighted by molar-refractivity contribution is 7.99. The molecule has 0 spiro atoms. The number of carbonyl (C=O) groups is 1. The second-order valence-electron chi connectivity index (χ2n) is 3.84. The van der Waals surface area contributed by atoms with Gasteiger partial charge in [-0.25, -0.2) is 4.39 Å². The smallest absolute Gasteiger partial charge is 0.234 e. The standard InChI is InChI=1S/C14H13FN2OS/c15-12-6-1-2-7-13(12)17-14(18)10-19-9-11-5-3-4-8-16-11/h1-8H,9-10H2,(H,17,18). The molecule has 3 nitrogen and oxygen atoms in total. The maximum absolute atomic E-state index is 13.3. The van der Waals surface area contributed by atoms with Gasteiger partial charge in [0, 0.05) is 11.9 Å². The van der Waals surface area contributed by atoms with Crippen LogP contribution >= 0.6 is 11.8 Å². The van der Waals surface area contributed by atoms with E-state index in [-0.39, 0.29) is 17.3 Å². The van der Waals surface area contributed by atoms with E-state index in [1.807, 2.05) is 18.2 Å². The van der Waals surface area contributed by atoms with Crippen LogP contribution in [0.25, 0.3) is 0 Å². The molecule has 0 bridgehead atoms. The number of rotatable bonds is 5. The van der Waals surface area contributed by atoms with E-state index >= 15 is 0 Å². The van der Waals surface area contributed by atoms with Gasteiger partial charge in [-0.05, 0) is 24.3 Å². The number of thioether (sulfide) groups is 1. The van der Waals surface area contributed by atoms with Gasteiger partial charge in [0.05, 0.1) is 17.1 Å². The molecule has 0 radical (unpaired) electrons. The van der Waals surface area contributed by atoms with Crippen molar-refractivity contribution >= 4 is 23.4 Å². The summed E-state index contributed by atoms with van der Waals surface area (Å²) < 4.78 is 13.3. The number of carbonyl (C=O) groups excluding carboxylic acids is 1. The van der Waals surface area contributed by atoms with Gasteiger partial charge in [-0.3, -0.25) is 9.78 Å². The maximum atomic E-state index is 13.3. The Kier molecular flexibility index (Phi) is 4.92. The van der Waals surface area contributed by atoms with E-state index in [1.54, 1.807) is 18.3 Å². The zero-order valence-electron chi connectivity index (χ0n) is 10.2. The molecule has 0 saturated carbocycles. The number of nitrogens with zero attached hydrogens (tertiary/aromatic N) is 1. The van der Waals surface area contributed by atoms with Crippen molar-refractivity contribution < 1.29 is 9.18 Å². The quantitative estimate of drug-likeness (QED) is 0.912. The zero-order valence-corrected chi connectivity index (χ0v) is 11.0. The van der Waals surface area contributed by atoms with Crippen LogP contribution in [0.3, 0.4) is 0 Å². The van der Waals surface area contributed by atoms with E-state index in [0.29, 0.717) is 5.75 Å². The van der Waals surface area contributed by atoms with Crippen molar-refractivity contribution in [3.63, 3.8) is 0 Å². The summed E-state index contributed by atoms with van der Waals surface area (Å²) in [4.78, 5) is 15.8. The summed E-state index contributed by atoms with van der Waals surface area (Å²) in [7, 11) is 0. The first-order valence-electron chi connectivity index (χ1n) is 5.78. The van der Waals surface area contributed by atoms with Crippen molar-refractivity contribution in [2.45, 2.75) is 5.75 Å². The molecule has 1 heterocycles. The number of nitrogens with one attached hydrogen (secondary N) is 1. The van der Waals surface area contributed by atoms with Crippen LogP contribution in [-0.4, -0.2) is 16.6 Å². The molecule has 98 valence electrons. The van der Waals surface area contributed by atoms with Gasteiger partial charge >= 0.3 is 0 Å². The number of benzene rings is 1. The topological polar surface area (TPSA) is 42.0 Å². The van der Waals surface area contributed by atoms with Gasteiger partial charge in [-0.15, -0.1) is 11.8 Å². The Balaban J connectivity index is 1.78. The van der Waals surface area contributed by atoms with Crippen molar-refractivity contribution in [1.82, 2.24) is 4.98 Å². The van der Waals surface area contributed by atoms with E-state index in [0.717, 1.165) is 5.69 Å². The average molecular weight is 276 g/mol. The second-order valence-corrected chi connectivity index (χ2v) is 4.83. The minimum atomic E-state index is -0.425. The normalized spacial score (nSPS) is 10.2. The Bertz CT molecular complexity index is 548. The molecule has 0 atom stereocenters. The zero-order chi connectivity index (χ0) is 13.5. The van der Waals surface area contributed by atoms with Crippen molar-refractivity contribution in [2.24, 2.45) is 0 Å². The fourth-order valence-corrected chi connectivity index (χ4v) is 2.22. The number of hydrogen-bond acceptors (Lipinski definition) is 3. The number of pyridine rings is 1. The van der Waals surface area contributed by atoms with E-state index in [9.17, 15) is 9.18 Å². The van der Waals surface area contributed by atoms with Crippen molar-refractivity contribution in [3.05, 3.63) is 60.2 Å². The molecule has 1 aromatic heterocycles. The fraction of sp³-hybridized carbons (Fsp3) is 0.143. The van der Waals surface area contributed by atoms with E-state index in [1.165, 1.54) is 23.9 Å². The van der Waals surface area contributed by atoms with E-state index in [2.05, 4.69) is 10.3 Å². The first-order chi connectivity index (χ1) is 9.25. The Hall–Kier alpha value is -1.88. The lowest BCUT2D eigenvalue weighted by molar-refractivity contribution is -0.113. The van der Waals surface area contributed by atoms with Crippen LogP contribution in [0.5, 0.6) is 0 Å². The van der Waals surface area contributed by atoms with Gasteiger partial charge in [0.1, 0.15) is 5.82 Å². The highest BCUT2D eigenvalue weighted by atomic mass is 32.2. The third-order valence-electron chi connectivity index (χ3n) is 2.36. The number of halogens is 1. The summed E-state index contributed by atoms with van der Waals surface area (Å²) in [6.07, 6.45) is 1.72. The first kappa shape index (κ1) is 13.5. The molecule has 1 aromatic carbocycles. The third kappa shape index (κ3) is 4.37. The summed E-state index contributed by atoms with van der Waals surface area (Å²) in [6.45, 7) is 0. The molecule has 1 amide bonds. The second kappa shape index (κ2) is 6.89. The van der Waals surface area contributed by atoms with Crippen molar-refractivity contribution in [2.75, 3.05) is 11.1 Å². The van der Waals surface area contributed by atoms with Gasteiger partial charge in [0.25, 0.3) is 0 Å². The van der Waals surface area contributed by atoms with Crippen LogP contribution in [0.4, 0.5) is 10.1 Å². The predicted octanol–water partition coefficient (Wildman–Crippen LogP) is 3.09. The summed E-state index contributed by atoms with van der Waals surface area (Å²) in [5, 5.41) is 2.54. The third-order valence-corrected chi connectivity index (χ3v) is 3.32. The molecule has 0 unspecified atom stereocenters. The van der Waals surface area contributed by atoms with Gasteiger partial charge in [-0.2, -0.15) is 0 Å². The molecule has 0 aliphatic carbocycles. The van der Waals surface area contributed by atoms with E-state index < -0.39 is 5.82 Å². The fourth-order valence-electron chi connectivity index (χ4n) is 1.48. The average Bonchev–Trinajstić information content (AvgIpc) is 2.43. The molecule has 0 fully saturated rings. The summed E-state index contributed by atoms with van der Waals surface area (Å²) in [5.41, 5.74) is 1.14. The molecule has 0 aliphatic rings. The van der Waals surface area contributed by atoms with Crippen LogP contribution in [0.2, 0.25) is 0 Å². The highest BCUT2D eigenvalue weighted by Gasteiger charge is 2.06. The lowest BCUT2D eigenvalue weighted by Crippen LogP contribution is -2.15. The van der Waals surface area contributed by atoms with Crippen LogP contribution in [0.1, 0.15) is 5.69 Å². The lowest BCUT2D eigenvalue weighted by atomic mass is 10.3. The van der Waals surface area contributed by atoms with E-state index in [4.69, 9.17) is 0 Å². The van der Waals surface area contributed by atoms with Crippen LogP contribution < -0.4 is 5.32 Å². The predicted molar refractivity (Wildman–Crippen MR) is 75.4 cm³/mol. The Morgan fingerprint density at radius 1 is 1.21 bits per heavy atom. The minimum absolute atomic E-state index is 0.214. The van der Waals surface area contributed by atoms with Gasteiger partial charge in [0.2, 0.25) is 5.91 Å². The maximum Gasteiger partial charge on any atom is 0.234 e. The molecule has 2 rings (SSSR count). The molecule has 19 heavy (non-hydrogen) atoms. The Labute approximate surface area is 115 Å². The molecule has 0 saturated heterocycles. The Morgan fingerprint density at radius 3 is 2.74 bits per heavy atom. The first-order valence-corrected chi connectivity index (χ1v) is 6.93. The SMILES string of the molecule is O=C(CSCc1ccccn1)Nc1ccccc1F. The van der Waals surface area contributed by atoms with Crippen LogP contribution in [0, 0.1) is 5.82 Å². The molecule has 1 N–H and O–H groups in total. The van der Waals surface area contributed by atoms with Gasteiger partial charge in [-0.1, -0.05) is 18.2 Å². The molecule has 2 aromatic rings. The number of aromatic nitrogens is 1. The molecule has 5 heteroatoms. The number of hydrogen-bond donors (Lipinski definition) is 1. The largest absolute Gasteiger partial charge is 0.323 e. The molecule has 0 aliphatic heterocycles. The van der Waals surface area contributed by atoms with Crippen molar-refractivity contribution in [1.29, 1.82) is 0 Å². The number of anilines is 1. The minimum Gasteiger partial charge on any atom is -0.323 e. The summed E-state index contributed by atoms with van der Waals surface area (Å²) >= 11 is 1.44. The molecular formula is C14H13FN2OS. The monoisotopic (exact) mass is 276 g/mol. The van der Waals surface area contributed by atoms with Crippen LogP contribution in [0.15, 0.2) is 48.7 Å². The van der Waals surface area contributed by atoms with Crippen molar-refractivity contribution in [3.8, 4) is 0 Å². The van der Waals surface area contributed by atoms with Crippen LogP contribution in [-0.2, 0) is 10.5 Å². The van der Waals surface area contributed by atoms with Gasteiger partial charge < -0.3 is 5.32 Å².